The maximum Gasteiger partial charge on any atom is 0.356 e. The van der Waals surface area contributed by atoms with Crippen molar-refractivity contribution in [2.24, 2.45) is 0 Å². The van der Waals surface area contributed by atoms with Gasteiger partial charge < -0.3 is 9.30 Å². The van der Waals surface area contributed by atoms with E-state index in [4.69, 9.17) is 0 Å². The van der Waals surface area contributed by atoms with E-state index in [1.807, 2.05) is 11.5 Å². The molecule has 0 spiro atoms. The van der Waals surface area contributed by atoms with E-state index in [2.05, 4.69) is 16.6 Å². The number of unbranched alkanes of at least 4 members (excludes halogenated alkanes) is 1. The average molecular weight is 196 g/mol. The van der Waals surface area contributed by atoms with Gasteiger partial charge in [0.2, 0.25) is 0 Å². The molecule has 0 bridgehead atoms. The first-order chi connectivity index (χ1) is 6.70. The van der Waals surface area contributed by atoms with Crippen molar-refractivity contribution in [3.8, 4) is 0 Å². The lowest BCUT2D eigenvalue weighted by Gasteiger charge is -2.07. The molecule has 0 amide bonds. The summed E-state index contributed by atoms with van der Waals surface area (Å²) < 4.78 is 6.57. The Morgan fingerprint density at radius 3 is 2.93 bits per heavy atom. The Hall–Kier alpha value is -1.32. The highest BCUT2D eigenvalue weighted by molar-refractivity contribution is 5.87. The minimum atomic E-state index is -0.318. The lowest BCUT2D eigenvalue weighted by Crippen LogP contribution is -2.11. The van der Waals surface area contributed by atoms with Crippen molar-refractivity contribution < 1.29 is 9.53 Å². The molecule has 0 saturated heterocycles. The summed E-state index contributed by atoms with van der Waals surface area (Å²) in [5.74, 6) is 0.542. The Kier molecular flexibility index (Phi) is 3.68. The molecule has 0 N–H and O–H groups in total. The monoisotopic (exact) mass is 196 g/mol. The topological polar surface area (TPSA) is 44.1 Å². The fraction of sp³-hybridized carbons (Fsp3) is 0.600. The Bertz CT molecular complexity index is 318. The molecule has 0 aliphatic heterocycles. The molecule has 1 heterocycles. The van der Waals surface area contributed by atoms with E-state index in [1.165, 1.54) is 7.11 Å². The molecule has 0 unspecified atom stereocenters. The van der Waals surface area contributed by atoms with E-state index < -0.39 is 0 Å². The molecule has 4 heteroatoms. The van der Waals surface area contributed by atoms with Gasteiger partial charge in [0, 0.05) is 6.54 Å². The van der Waals surface area contributed by atoms with E-state index in [9.17, 15) is 4.79 Å². The summed E-state index contributed by atoms with van der Waals surface area (Å²) in [5.41, 5.74) is 0.540. The zero-order chi connectivity index (χ0) is 10.6. The van der Waals surface area contributed by atoms with Crippen LogP contribution in [0.2, 0.25) is 0 Å². The molecule has 0 radical (unpaired) electrons. The highest BCUT2D eigenvalue weighted by Crippen LogP contribution is 2.08. The number of aryl methyl sites for hydroxylation is 1. The van der Waals surface area contributed by atoms with Crippen LogP contribution in [0.3, 0.4) is 0 Å². The zero-order valence-electron chi connectivity index (χ0n) is 8.91. The molecule has 1 aromatic heterocycles. The predicted molar refractivity (Wildman–Crippen MR) is 53.2 cm³/mol. The van der Waals surface area contributed by atoms with Crippen LogP contribution < -0.4 is 0 Å². The van der Waals surface area contributed by atoms with Crippen LogP contribution in [-0.2, 0) is 11.3 Å². The van der Waals surface area contributed by atoms with Gasteiger partial charge in [-0.25, -0.2) is 9.78 Å². The number of imidazole rings is 1. The number of ether oxygens (including phenoxy) is 1. The highest BCUT2D eigenvalue weighted by atomic mass is 16.5. The number of nitrogens with zero attached hydrogens (tertiary/aromatic N) is 2. The standard InChI is InChI=1S/C10H16N2O2/c1-4-5-6-12-8(2)11-7-9(12)10(13)14-3/h7H,4-6H2,1-3H3. The van der Waals surface area contributed by atoms with E-state index in [0.29, 0.717) is 5.69 Å². The van der Waals surface area contributed by atoms with E-state index >= 15 is 0 Å². The minimum absolute atomic E-state index is 0.318. The first kappa shape index (κ1) is 10.8. The summed E-state index contributed by atoms with van der Waals surface area (Å²) in [7, 11) is 1.38. The zero-order valence-corrected chi connectivity index (χ0v) is 8.91. The third-order valence-electron chi connectivity index (χ3n) is 2.18. The van der Waals surface area contributed by atoms with Gasteiger partial charge in [-0.2, -0.15) is 0 Å². The molecule has 0 aliphatic carbocycles. The maximum absolute atomic E-state index is 11.3. The molecule has 0 aromatic carbocycles. The van der Waals surface area contributed by atoms with Gasteiger partial charge in [0.15, 0.2) is 0 Å². The normalized spacial score (nSPS) is 10.2. The summed E-state index contributed by atoms with van der Waals surface area (Å²) in [6.45, 7) is 4.83. The first-order valence-corrected chi connectivity index (χ1v) is 4.81. The Balaban J connectivity index is 2.88. The van der Waals surface area contributed by atoms with E-state index in [0.717, 1.165) is 25.2 Å². The van der Waals surface area contributed by atoms with Crippen LogP contribution in [0.1, 0.15) is 36.1 Å². The van der Waals surface area contributed by atoms with Crippen molar-refractivity contribution in [1.29, 1.82) is 0 Å². The second-order valence-electron chi connectivity index (χ2n) is 3.19. The molecule has 1 aromatic rings. The molecule has 4 nitrogen and oxygen atoms in total. The van der Waals surface area contributed by atoms with Crippen molar-refractivity contribution in [2.45, 2.75) is 33.2 Å². The summed E-state index contributed by atoms with van der Waals surface area (Å²) in [5, 5.41) is 0. The first-order valence-electron chi connectivity index (χ1n) is 4.81. The second-order valence-corrected chi connectivity index (χ2v) is 3.19. The Morgan fingerprint density at radius 1 is 1.64 bits per heavy atom. The number of methoxy groups -OCH3 is 1. The predicted octanol–water partition coefficient (Wildman–Crippen LogP) is 1.78. The highest BCUT2D eigenvalue weighted by Gasteiger charge is 2.13. The van der Waals surface area contributed by atoms with Crippen LogP contribution in [0, 0.1) is 6.92 Å². The molecular weight excluding hydrogens is 180 g/mol. The molecule has 1 rings (SSSR count). The SMILES string of the molecule is CCCCn1c(C(=O)OC)cnc1C. The van der Waals surface area contributed by atoms with Crippen molar-refractivity contribution in [3.63, 3.8) is 0 Å². The number of carbonyl (C=O) groups is 1. The fourth-order valence-corrected chi connectivity index (χ4v) is 1.33. The van der Waals surface area contributed by atoms with Gasteiger partial charge in [0.1, 0.15) is 11.5 Å². The molecule has 0 saturated carbocycles. The summed E-state index contributed by atoms with van der Waals surface area (Å²) in [6.07, 6.45) is 3.70. The maximum atomic E-state index is 11.3. The van der Waals surface area contributed by atoms with Crippen molar-refractivity contribution in [1.82, 2.24) is 9.55 Å². The fourth-order valence-electron chi connectivity index (χ4n) is 1.33. The van der Waals surface area contributed by atoms with Crippen LogP contribution in [0.4, 0.5) is 0 Å². The minimum Gasteiger partial charge on any atom is -0.464 e. The molecule has 0 aliphatic rings. The third-order valence-corrected chi connectivity index (χ3v) is 2.18. The van der Waals surface area contributed by atoms with Gasteiger partial charge in [-0.1, -0.05) is 13.3 Å². The Labute approximate surface area is 83.9 Å². The molecular formula is C10H16N2O2. The van der Waals surface area contributed by atoms with Gasteiger partial charge >= 0.3 is 5.97 Å². The number of carbonyl (C=O) groups excluding carboxylic acids is 1. The second kappa shape index (κ2) is 4.79. The lowest BCUT2D eigenvalue weighted by molar-refractivity contribution is 0.0588. The van der Waals surface area contributed by atoms with Crippen LogP contribution in [0.15, 0.2) is 6.20 Å². The van der Waals surface area contributed by atoms with Crippen molar-refractivity contribution in [3.05, 3.63) is 17.7 Å². The Morgan fingerprint density at radius 2 is 2.36 bits per heavy atom. The lowest BCUT2D eigenvalue weighted by atomic mass is 10.3. The summed E-state index contributed by atoms with van der Waals surface area (Å²) in [6, 6.07) is 0. The van der Waals surface area contributed by atoms with Gasteiger partial charge in [0.25, 0.3) is 0 Å². The van der Waals surface area contributed by atoms with Gasteiger partial charge in [-0.15, -0.1) is 0 Å². The van der Waals surface area contributed by atoms with Crippen LogP contribution in [0.25, 0.3) is 0 Å². The molecule has 14 heavy (non-hydrogen) atoms. The molecule has 0 atom stereocenters. The van der Waals surface area contributed by atoms with E-state index in [-0.39, 0.29) is 5.97 Å². The summed E-state index contributed by atoms with van der Waals surface area (Å²) in [4.78, 5) is 15.4. The van der Waals surface area contributed by atoms with Crippen molar-refractivity contribution in [2.75, 3.05) is 7.11 Å². The van der Waals surface area contributed by atoms with Crippen molar-refractivity contribution >= 4 is 5.97 Å². The van der Waals surface area contributed by atoms with Gasteiger partial charge in [0.05, 0.1) is 13.3 Å². The van der Waals surface area contributed by atoms with E-state index in [1.54, 1.807) is 6.20 Å². The quantitative estimate of drug-likeness (QED) is 0.689. The average Bonchev–Trinajstić information content (AvgIpc) is 2.56. The van der Waals surface area contributed by atoms with Gasteiger partial charge in [-0.3, -0.25) is 0 Å². The number of rotatable bonds is 4. The molecule has 78 valence electrons. The smallest absolute Gasteiger partial charge is 0.356 e. The number of hydrogen-bond acceptors (Lipinski definition) is 3. The third kappa shape index (κ3) is 2.13. The number of hydrogen-bond donors (Lipinski definition) is 0. The number of aromatic nitrogens is 2. The van der Waals surface area contributed by atoms with Crippen LogP contribution >= 0.6 is 0 Å². The largest absolute Gasteiger partial charge is 0.464 e. The summed E-state index contributed by atoms with van der Waals surface area (Å²) >= 11 is 0. The van der Waals surface area contributed by atoms with Crippen LogP contribution in [-0.4, -0.2) is 22.6 Å². The van der Waals surface area contributed by atoms with Crippen LogP contribution in [0.5, 0.6) is 0 Å². The molecule has 0 fully saturated rings. The number of esters is 1. The van der Waals surface area contributed by atoms with Gasteiger partial charge in [-0.05, 0) is 13.3 Å².